The highest BCUT2D eigenvalue weighted by atomic mass is 32.2. The predicted molar refractivity (Wildman–Crippen MR) is 121 cm³/mol. The Kier molecular flexibility index (Phi) is 6.40. The van der Waals surface area contributed by atoms with Crippen molar-refractivity contribution in [3.63, 3.8) is 0 Å². The molecule has 29 heavy (non-hydrogen) atoms. The Labute approximate surface area is 175 Å². The smallest absolute Gasteiger partial charge is 0.240 e. The summed E-state index contributed by atoms with van der Waals surface area (Å²) in [7, 11) is -3.56. The van der Waals surface area contributed by atoms with Crippen molar-refractivity contribution in [2.24, 2.45) is 0 Å². The fourth-order valence-corrected chi connectivity index (χ4v) is 3.70. The fraction of sp³-hybridized carbons (Fsp3) is 0.250. The van der Waals surface area contributed by atoms with E-state index in [1.54, 1.807) is 25.1 Å². The number of rotatable bonds is 8. The lowest BCUT2D eigenvalue weighted by atomic mass is 10.2. The first-order chi connectivity index (χ1) is 13.9. The van der Waals surface area contributed by atoms with Gasteiger partial charge in [-0.15, -0.1) is 0 Å². The molecule has 0 amide bonds. The van der Waals surface area contributed by atoms with Crippen molar-refractivity contribution in [3.05, 3.63) is 54.6 Å². The van der Waals surface area contributed by atoms with Gasteiger partial charge in [0.25, 0.3) is 0 Å². The minimum absolute atomic E-state index is 0. The summed E-state index contributed by atoms with van der Waals surface area (Å²) in [6.45, 7) is 6.04. The van der Waals surface area contributed by atoms with Crippen LogP contribution in [0.5, 0.6) is 0 Å². The second-order valence-corrected chi connectivity index (χ2v) is 8.39. The van der Waals surface area contributed by atoms with Crippen LogP contribution in [0.1, 0.15) is 25.1 Å². The third-order valence-corrected chi connectivity index (χ3v) is 5.36. The van der Waals surface area contributed by atoms with E-state index in [0.29, 0.717) is 30.0 Å². The molecule has 0 aliphatic carbocycles. The molecule has 2 aromatic carbocycles. The van der Waals surface area contributed by atoms with Crippen LogP contribution in [0.2, 0.25) is 0 Å². The van der Waals surface area contributed by atoms with Gasteiger partial charge in [0.1, 0.15) is 0 Å². The zero-order valence-corrected chi connectivity index (χ0v) is 17.4. The Balaban J connectivity index is 0.00000320. The monoisotopic (exact) mass is 418 g/mol. The van der Waals surface area contributed by atoms with Gasteiger partial charge < -0.3 is 10.6 Å². The number of sulfonamides is 1. The highest BCUT2D eigenvalue weighted by Gasteiger charge is 2.14. The van der Waals surface area contributed by atoms with Gasteiger partial charge >= 0.3 is 0 Å². The van der Waals surface area contributed by atoms with Crippen molar-refractivity contribution < 1.29 is 12.7 Å². The topological polar surface area (TPSA) is 109 Å². The average Bonchev–Trinajstić information content (AvgIpc) is 2.68. The molecule has 0 saturated carbocycles. The highest BCUT2D eigenvalue weighted by molar-refractivity contribution is 7.89. The van der Waals surface area contributed by atoms with E-state index in [1.165, 1.54) is 6.07 Å². The van der Waals surface area contributed by atoms with Crippen LogP contribution in [0.3, 0.4) is 0 Å². The van der Waals surface area contributed by atoms with Crippen molar-refractivity contribution in [1.29, 1.82) is 0 Å². The van der Waals surface area contributed by atoms with Crippen molar-refractivity contribution in [2.75, 3.05) is 17.2 Å². The van der Waals surface area contributed by atoms with Gasteiger partial charge in [0.05, 0.1) is 4.90 Å². The van der Waals surface area contributed by atoms with E-state index in [2.05, 4.69) is 30.3 Å². The summed E-state index contributed by atoms with van der Waals surface area (Å²) in [5.41, 5.74) is 1.41. The van der Waals surface area contributed by atoms with Crippen LogP contribution >= 0.6 is 0 Å². The number of nitrogens with zero attached hydrogens (tertiary/aromatic N) is 3. The number of nitrogens with one attached hydrogen (secondary N) is 3. The molecule has 3 rings (SSSR count). The molecule has 0 unspecified atom stereocenters. The van der Waals surface area contributed by atoms with Crippen molar-refractivity contribution in [2.45, 2.75) is 31.7 Å². The maximum Gasteiger partial charge on any atom is 0.240 e. The normalized spacial score (nSPS) is 11.4. The van der Waals surface area contributed by atoms with Gasteiger partial charge in [-0.3, -0.25) is 0 Å². The van der Waals surface area contributed by atoms with Gasteiger partial charge in [-0.2, -0.15) is 15.0 Å². The summed E-state index contributed by atoms with van der Waals surface area (Å²) in [5.74, 6) is 1.27. The summed E-state index contributed by atoms with van der Waals surface area (Å²) in [6.07, 6.45) is 0. The summed E-state index contributed by atoms with van der Waals surface area (Å²) >= 11 is 0. The largest absolute Gasteiger partial charge is 0.352 e. The second kappa shape index (κ2) is 8.97. The lowest BCUT2D eigenvalue weighted by molar-refractivity contribution is 0.584. The molecule has 0 atom stereocenters. The number of benzene rings is 2. The Morgan fingerprint density at radius 3 is 2.38 bits per heavy atom. The maximum atomic E-state index is 12.3. The third kappa shape index (κ3) is 5.49. The van der Waals surface area contributed by atoms with Crippen molar-refractivity contribution in [3.8, 4) is 11.4 Å². The van der Waals surface area contributed by atoms with Gasteiger partial charge in [0, 0.05) is 28.1 Å². The van der Waals surface area contributed by atoms with E-state index < -0.39 is 10.0 Å². The van der Waals surface area contributed by atoms with Gasteiger partial charge in [-0.1, -0.05) is 43.3 Å². The Morgan fingerprint density at radius 2 is 1.69 bits per heavy atom. The van der Waals surface area contributed by atoms with Gasteiger partial charge in [-0.25, -0.2) is 13.1 Å². The SMILES string of the molecule is CCNS(=O)(=O)c1cccc(Nc2nc(NC(C)C)nc(-c3ccccc3)n2)c1.[HH].[HH].[HH]. The first-order valence-corrected chi connectivity index (χ1v) is 10.8. The second-order valence-electron chi connectivity index (χ2n) is 6.63. The summed E-state index contributed by atoms with van der Waals surface area (Å²) < 4.78 is 27.0. The predicted octanol–water partition coefficient (Wildman–Crippen LogP) is 4.14. The molecular weight excluding hydrogens is 388 g/mol. The lowest BCUT2D eigenvalue weighted by Gasteiger charge is -2.13. The van der Waals surface area contributed by atoms with Crippen molar-refractivity contribution >= 4 is 27.6 Å². The highest BCUT2D eigenvalue weighted by Crippen LogP contribution is 2.22. The molecule has 3 aromatic rings. The number of aromatic nitrogens is 3. The third-order valence-electron chi connectivity index (χ3n) is 3.82. The van der Waals surface area contributed by atoms with E-state index >= 15 is 0 Å². The van der Waals surface area contributed by atoms with Gasteiger partial charge in [0.15, 0.2) is 5.82 Å². The summed E-state index contributed by atoms with van der Waals surface area (Å²) in [5, 5.41) is 6.27. The van der Waals surface area contributed by atoms with Crippen molar-refractivity contribution in [1.82, 2.24) is 19.7 Å². The van der Waals surface area contributed by atoms with Crippen LogP contribution < -0.4 is 15.4 Å². The van der Waals surface area contributed by atoms with Gasteiger partial charge in [-0.05, 0) is 32.0 Å². The first-order valence-electron chi connectivity index (χ1n) is 9.32. The molecular formula is C20H30N6O2S. The molecule has 9 heteroatoms. The first kappa shape index (κ1) is 20.7. The van der Waals surface area contributed by atoms with E-state index in [4.69, 9.17) is 0 Å². The van der Waals surface area contributed by atoms with Crippen LogP contribution in [-0.2, 0) is 10.0 Å². The average molecular weight is 419 g/mol. The van der Waals surface area contributed by atoms with E-state index in [1.807, 2.05) is 44.2 Å². The fourth-order valence-electron chi connectivity index (χ4n) is 2.61. The minimum atomic E-state index is -3.56. The zero-order chi connectivity index (χ0) is 20.9. The van der Waals surface area contributed by atoms with Crippen LogP contribution in [0.15, 0.2) is 59.5 Å². The molecule has 0 fully saturated rings. The molecule has 0 aliphatic heterocycles. The molecule has 0 saturated heterocycles. The quantitative estimate of drug-likeness (QED) is 0.504. The number of hydrogen-bond donors (Lipinski definition) is 3. The van der Waals surface area contributed by atoms with Crippen LogP contribution in [0.25, 0.3) is 11.4 Å². The molecule has 8 nitrogen and oxygen atoms in total. The molecule has 0 bridgehead atoms. The molecule has 0 aliphatic rings. The molecule has 3 N–H and O–H groups in total. The molecule has 158 valence electrons. The molecule has 1 aromatic heterocycles. The lowest BCUT2D eigenvalue weighted by Crippen LogP contribution is -2.23. The van der Waals surface area contributed by atoms with Crippen LogP contribution in [0.4, 0.5) is 17.6 Å². The number of anilines is 3. The molecule has 0 spiro atoms. The standard InChI is InChI=1S/C20H24N6O2S.3H2/c1-4-21-29(27,28)17-12-8-11-16(13-17)23-20-25-18(15-9-6-5-7-10-15)24-19(26-20)22-14(2)3;;;/h5-14,21H,4H2,1-3H3,(H2,22,23,24,25,26);3*1H. The van der Waals surface area contributed by atoms with E-state index in [-0.39, 0.29) is 15.2 Å². The van der Waals surface area contributed by atoms with Crippen LogP contribution in [-0.4, -0.2) is 36.0 Å². The van der Waals surface area contributed by atoms with Crippen LogP contribution in [0, 0.1) is 0 Å². The Morgan fingerprint density at radius 1 is 0.966 bits per heavy atom. The Bertz CT molecular complexity index is 1090. The van der Waals surface area contributed by atoms with E-state index in [9.17, 15) is 8.42 Å². The maximum absolute atomic E-state index is 12.3. The molecule has 1 heterocycles. The van der Waals surface area contributed by atoms with E-state index in [0.717, 1.165) is 5.56 Å². The number of hydrogen-bond acceptors (Lipinski definition) is 7. The molecule has 0 radical (unpaired) electrons. The minimum Gasteiger partial charge on any atom is -0.352 e. The summed E-state index contributed by atoms with van der Waals surface area (Å²) in [4.78, 5) is 13.6. The van der Waals surface area contributed by atoms with Gasteiger partial charge in [0.2, 0.25) is 21.9 Å². The zero-order valence-electron chi connectivity index (χ0n) is 16.5. The summed E-state index contributed by atoms with van der Waals surface area (Å²) in [6, 6.07) is 16.2. The Hall–Kier alpha value is -3.04.